The van der Waals surface area contributed by atoms with Crippen LogP contribution in [0.4, 0.5) is 0 Å². The normalized spacial score (nSPS) is 11.3. The smallest absolute Gasteiger partial charge is 0.258 e. The van der Waals surface area contributed by atoms with Crippen molar-refractivity contribution in [2.24, 2.45) is 0 Å². The van der Waals surface area contributed by atoms with Gasteiger partial charge in [-0.05, 0) is 37.6 Å². The molecule has 0 bridgehead atoms. The van der Waals surface area contributed by atoms with Crippen molar-refractivity contribution >= 4 is 5.91 Å². The highest BCUT2D eigenvalue weighted by Gasteiger charge is 2.27. The van der Waals surface area contributed by atoms with E-state index in [1.165, 1.54) is 12.4 Å². The van der Waals surface area contributed by atoms with Crippen molar-refractivity contribution in [1.29, 1.82) is 0 Å². The summed E-state index contributed by atoms with van der Waals surface area (Å²) in [5.74, 6) is 1.04. The van der Waals surface area contributed by atoms with Crippen LogP contribution in [0.15, 0.2) is 65.6 Å². The lowest BCUT2D eigenvalue weighted by atomic mass is 10.1. The van der Waals surface area contributed by atoms with Gasteiger partial charge in [0.2, 0.25) is 5.82 Å². The molecule has 4 rings (SSSR count). The molecule has 0 spiro atoms. The lowest BCUT2D eigenvalue weighted by Crippen LogP contribution is -2.23. The Hall–Kier alpha value is -3.98. The van der Waals surface area contributed by atoms with Crippen molar-refractivity contribution in [2.45, 2.75) is 26.0 Å². The maximum Gasteiger partial charge on any atom is 0.258 e. The molecule has 1 N–H and O–H groups in total. The van der Waals surface area contributed by atoms with Gasteiger partial charge in [-0.2, -0.15) is 4.98 Å². The Morgan fingerprint density at radius 3 is 2.59 bits per heavy atom. The largest absolute Gasteiger partial charge is 0.369 e. The molecule has 1 amide bonds. The summed E-state index contributed by atoms with van der Waals surface area (Å²) in [4.78, 5) is 29.6. The second kappa shape index (κ2) is 9.03. The molecule has 0 atom stereocenters. The minimum atomic E-state index is -0.676. The molecule has 0 aliphatic heterocycles. The van der Waals surface area contributed by atoms with Crippen LogP contribution in [-0.2, 0) is 16.9 Å². The van der Waals surface area contributed by atoms with Gasteiger partial charge < -0.3 is 14.6 Å². The van der Waals surface area contributed by atoms with Crippen molar-refractivity contribution in [3.63, 3.8) is 0 Å². The van der Waals surface area contributed by atoms with E-state index < -0.39 is 5.60 Å². The summed E-state index contributed by atoms with van der Waals surface area (Å²) in [7, 11) is 1.59. The molecule has 3 aromatic heterocycles. The first kappa shape index (κ1) is 21.3. The lowest BCUT2D eigenvalue weighted by Gasteiger charge is -2.16. The van der Waals surface area contributed by atoms with E-state index in [-0.39, 0.29) is 5.91 Å². The maximum absolute atomic E-state index is 12.5. The molecule has 0 aliphatic rings. The number of amides is 1. The number of hydrogen-bond donors (Lipinski definition) is 1. The third-order valence-corrected chi connectivity index (χ3v) is 4.90. The molecule has 3 heterocycles. The Kier molecular flexibility index (Phi) is 6.00. The van der Waals surface area contributed by atoms with Gasteiger partial charge in [0.25, 0.3) is 11.8 Å². The topological polar surface area (TPSA) is 116 Å². The van der Waals surface area contributed by atoms with Gasteiger partial charge in [-0.25, -0.2) is 9.97 Å². The number of nitrogens with zero attached hydrogens (tertiary/aromatic N) is 5. The Morgan fingerprint density at radius 1 is 1.06 bits per heavy atom. The predicted octanol–water partition coefficient (Wildman–Crippen LogP) is 3.40. The zero-order chi connectivity index (χ0) is 22.6. The fraction of sp³-hybridized carbons (Fsp3) is 0.217. The third kappa shape index (κ3) is 4.68. The van der Waals surface area contributed by atoms with E-state index in [1.807, 2.05) is 56.3 Å². The van der Waals surface area contributed by atoms with Gasteiger partial charge in [0.1, 0.15) is 11.3 Å². The number of ether oxygens (including phenoxy) is 1. The van der Waals surface area contributed by atoms with Gasteiger partial charge in [-0.1, -0.05) is 29.4 Å². The van der Waals surface area contributed by atoms with Gasteiger partial charge in [0, 0.05) is 37.8 Å². The quantitative estimate of drug-likeness (QED) is 0.474. The minimum Gasteiger partial charge on any atom is -0.369 e. The molecule has 0 radical (unpaired) electrons. The van der Waals surface area contributed by atoms with E-state index >= 15 is 0 Å². The van der Waals surface area contributed by atoms with Gasteiger partial charge in [0.05, 0.1) is 5.56 Å². The van der Waals surface area contributed by atoms with Gasteiger partial charge in [-0.3, -0.25) is 9.78 Å². The molecule has 1 aromatic carbocycles. The van der Waals surface area contributed by atoms with E-state index in [1.54, 1.807) is 13.3 Å². The number of nitrogens with one attached hydrogen (secondary N) is 1. The first-order valence-corrected chi connectivity index (χ1v) is 9.96. The Bertz CT molecular complexity index is 1210. The SMILES string of the molecule is COC(C)(C)c1nc(-c2cccc(CNC(=O)c3cnc(-c4ccccn4)nc3)c2)no1. The molecular formula is C23H22N6O3. The van der Waals surface area contributed by atoms with Crippen molar-refractivity contribution < 1.29 is 14.1 Å². The fourth-order valence-electron chi connectivity index (χ4n) is 2.85. The number of benzene rings is 1. The molecule has 9 heteroatoms. The zero-order valence-corrected chi connectivity index (χ0v) is 17.9. The first-order chi connectivity index (χ1) is 15.5. The minimum absolute atomic E-state index is 0.272. The number of methoxy groups -OCH3 is 1. The molecule has 162 valence electrons. The zero-order valence-electron chi connectivity index (χ0n) is 17.9. The van der Waals surface area contributed by atoms with E-state index in [0.717, 1.165) is 11.1 Å². The highest BCUT2D eigenvalue weighted by Crippen LogP contribution is 2.25. The number of hydrogen-bond acceptors (Lipinski definition) is 8. The van der Waals surface area contributed by atoms with Crippen LogP contribution in [0.3, 0.4) is 0 Å². The first-order valence-electron chi connectivity index (χ1n) is 9.96. The molecule has 0 fully saturated rings. The monoisotopic (exact) mass is 430 g/mol. The second-order valence-electron chi connectivity index (χ2n) is 7.53. The Morgan fingerprint density at radius 2 is 1.88 bits per heavy atom. The number of pyridine rings is 1. The van der Waals surface area contributed by atoms with Gasteiger partial charge in [0.15, 0.2) is 5.82 Å². The second-order valence-corrected chi connectivity index (χ2v) is 7.53. The molecule has 32 heavy (non-hydrogen) atoms. The van der Waals surface area contributed by atoms with Crippen molar-refractivity contribution in [2.75, 3.05) is 7.11 Å². The van der Waals surface area contributed by atoms with E-state index in [0.29, 0.717) is 35.3 Å². The summed E-state index contributed by atoms with van der Waals surface area (Å²) in [6, 6.07) is 13.0. The number of rotatable bonds is 7. The van der Waals surface area contributed by atoms with Crippen molar-refractivity contribution in [3.8, 4) is 22.9 Å². The highest BCUT2D eigenvalue weighted by atomic mass is 16.5. The molecule has 4 aromatic rings. The Labute approximate surface area is 184 Å². The van der Waals surface area contributed by atoms with Crippen LogP contribution in [-0.4, -0.2) is 38.1 Å². The molecule has 0 saturated heterocycles. The van der Waals surface area contributed by atoms with Crippen LogP contribution in [0.5, 0.6) is 0 Å². The molecule has 9 nitrogen and oxygen atoms in total. The van der Waals surface area contributed by atoms with E-state index in [9.17, 15) is 4.79 Å². The van der Waals surface area contributed by atoms with Gasteiger partial charge >= 0.3 is 0 Å². The van der Waals surface area contributed by atoms with Crippen LogP contribution in [0, 0.1) is 0 Å². The maximum atomic E-state index is 12.5. The van der Waals surface area contributed by atoms with Crippen LogP contribution >= 0.6 is 0 Å². The average molecular weight is 430 g/mol. The molecular weight excluding hydrogens is 408 g/mol. The van der Waals surface area contributed by atoms with Crippen LogP contribution in [0.25, 0.3) is 22.9 Å². The number of aromatic nitrogens is 5. The van der Waals surface area contributed by atoms with Crippen molar-refractivity contribution in [3.05, 3.63) is 78.1 Å². The lowest BCUT2D eigenvalue weighted by molar-refractivity contribution is -0.00787. The molecule has 0 unspecified atom stereocenters. The van der Waals surface area contributed by atoms with E-state index in [4.69, 9.17) is 9.26 Å². The third-order valence-electron chi connectivity index (χ3n) is 4.90. The molecule has 0 saturated carbocycles. The number of carbonyl (C=O) groups excluding carboxylic acids is 1. The van der Waals surface area contributed by atoms with Crippen LogP contribution in [0.2, 0.25) is 0 Å². The molecule has 0 aliphatic carbocycles. The van der Waals surface area contributed by atoms with Crippen molar-refractivity contribution in [1.82, 2.24) is 30.4 Å². The van der Waals surface area contributed by atoms with Gasteiger partial charge in [-0.15, -0.1) is 0 Å². The summed E-state index contributed by atoms with van der Waals surface area (Å²) in [5.41, 5.74) is 2.01. The summed E-state index contributed by atoms with van der Waals surface area (Å²) in [5, 5.41) is 6.92. The van der Waals surface area contributed by atoms with E-state index in [2.05, 4.69) is 30.4 Å². The summed E-state index contributed by atoms with van der Waals surface area (Å²) >= 11 is 0. The Balaban J connectivity index is 1.42. The summed E-state index contributed by atoms with van der Waals surface area (Å²) in [6.07, 6.45) is 4.64. The standard InChI is InChI=1S/C23H22N6O3/c1-23(2,31-3)22-28-19(29-32-22)16-8-6-7-15(11-16)12-27-21(30)17-13-25-20(26-14-17)18-9-4-5-10-24-18/h4-11,13-14H,12H2,1-3H3,(H,27,30). The fourth-order valence-corrected chi connectivity index (χ4v) is 2.85. The number of carbonyl (C=O) groups is 1. The average Bonchev–Trinajstić information content (AvgIpc) is 3.35. The predicted molar refractivity (Wildman–Crippen MR) is 116 cm³/mol. The summed E-state index contributed by atoms with van der Waals surface area (Å²) in [6.45, 7) is 4.02. The summed E-state index contributed by atoms with van der Waals surface area (Å²) < 4.78 is 10.7. The van der Waals surface area contributed by atoms with Crippen LogP contribution < -0.4 is 5.32 Å². The van der Waals surface area contributed by atoms with Crippen LogP contribution in [0.1, 0.15) is 35.7 Å². The highest BCUT2D eigenvalue weighted by molar-refractivity contribution is 5.93.